The summed E-state index contributed by atoms with van der Waals surface area (Å²) in [6.45, 7) is -1.37. The van der Waals surface area contributed by atoms with Crippen LogP contribution in [0.25, 0.3) is 33.7 Å². The highest BCUT2D eigenvalue weighted by molar-refractivity contribution is 5.81. The average molecular weight is 387 g/mol. The number of alkyl halides is 3. The Hall–Kier alpha value is -3.42. The number of H-pyrrole nitrogens is 1. The number of ether oxygens (including phenoxy) is 1. The minimum atomic E-state index is -4.41. The highest BCUT2D eigenvalue weighted by Gasteiger charge is 2.28. The van der Waals surface area contributed by atoms with E-state index >= 15 is 0 Å². The van der Waals surface area contributed by atoms with Crippen LogP contribution in [0.3, 0.4) is 0 Å². The molecule has 0 aliphatic rings. The van der Waals surface area contributed by atoms with Gasteiger partial charge in [-0.1, -0.05) is 30.3 Å². The van der Waals surface area contributed by atoms with E-state index in [-0.39, 0.29) is 11.6 Å². The molecule has 0 unspecified atom stereocenters. The molecular weight excluding hydrogens is 374 g/mol. The van der Waals surface area contributed by atoms with Gasteiger partial charge < -0.3 is 9.72 Å². The third-order valence-corrected chi connectivity index (χ3v) is 4.03. The summed E-state index contributed by atoms with van der Waals surface area (Å²) in [4.78, 5) is 11.7. The van der Waals surface area contributed by atoms with Crippen LogP contribution in [-0.2, 0) is 0 Å². The van der Waals surface area contributed by atoms with Crippen molar-refractivity contribution in [3.05, 3.63) is 66.6 Å². The van der Waals surface area contributed by atoms with Crippen LogP contribution in [0.4, 0.5) is 17.6 Å². The number of halogens is 4. The van der Waals surface area contributed by atoms with E-state index in [4.69, 9.17) is 4.74 Å². The minimum absolute atomic E-state index is 0.0790. The first-order chi connectivity index (χ1) is 13.4. The van der Waals surface area contributed by atoms with Crippen LogP contribution < -0.4 is 4.74 Å². The summed E-state index contributed by atoms with van der Waals surface area (Å²) in [7, 11) is 0. The van der Waals surface area contributed by atoms with Crippen molar-refractivity contribution in [3.8, 4) is 28.3 Å². The molecule has 0 atom stereocenters. The van der Waals surface area contributed by atoms with Gasteiger partial charge in [0.15, 0.2) is 12.3 Å². The van der Waals surface area contributed by atoms with Gasteiger partial charge in [-0.05, 0) is 24.3 Å². The molecule has 0 saturated heterocycles. The predicted molar refractivity (Wildman–Crippen MR) is 96.3 cm³/mol. The van der Waals surface area contributed by atoms with E-state index in [9.17, 15) is 17.6 Å². The Morgan fingerprint density at radius 3 is 2.57 bits per heavy atom. The summed E-state index contributed by atoms with van der Waals surface area (Å²) in [5.74, 6) is 0.138. The Morgan fingerprint density at radius 1 is 0.964 bits per heavy atom. The van der Waals surface area contributed by atoms with Gasteiger partial charge in [0.05, 0.1) is 5.52 Å². The second kappa shape index (κ2) is 6.95. The van der Waals surface area contributed by atoms with Gasteiger partial charge in [0, 0.05) is 22.9 Å². The van der Waals surface area contributed by atoms with E-state index in [1.54, 1.807) is 36.4 Å². The molecule has 0 saturated carbocycles. The quantitative estimate of drug-likeness (QED) is 0.479. The SMILES string of the molecule is Fc1ccccc1-c1cnc2nc(-c3cccc(OCC(F)(F)F)c3)[nH]c2c1. The number of benzene rings is 2. The van der Waals surface area contributed by atoms with Crippen LogP contribution >= 0.6 is 0 Å². The van der Waals surface area contributed by atoms with E-state index < -0.39 is 12.8 Å². The van der Waals surface area contributed by atoms with E-state index in [0.29, 0.717) is 33.7 Å². The lowest BCUT2D eigenvalue weighted by atomic mass is 10.1. The molecule has 2 aromatic heterocycles. The van der Waals surface area contributed by atoms with Crippen molar-refractivity contribution in [2.24, 2.45) is 0 Å². The second-order valence-electron chi connectivity index (χ2n) is 6.09. The van der Waals surface area contributed by atoms with Gasteiger partial charge in [-0.2, -0.15) is 13.2 Å². The molecule has 2 heterocycles. The predicted octanol–water partition coefficient (Wildman–Crippen LogP) is 5.37. The molecule has 2 aromatic carbocycles. The van der Waals surface area contributed by atoms with E-state index in [0.717, 1.165) is 0 Å². The smallest absolute Gasteiger partial charge is 0.422 e. The first-order valence-electron chi connectivity index (χ1n) is 8.30. The standard InChI is InChI=1S/C20H13F4N3O/c21-16-7-2-1-6-15(16)13-9-17-19(25-10-13)27-18(26-17)12-4-3-5-14(8-12)28-11-20(22,23)24/h1-10H,11H2,(H,25,26,27). The fraction of sp³-hybridized carbons (Fsp3) is 0.100. The van der Waals surface area contributed by atoms with Gasteiger partial charge in [-0.3, -0.25) is 0 Å². The molecule has 0 radical (unpaired) electrons. The Bertz CT molecular complexity index is 1140. The lowest BCUT2D eigenvalue weighted by Crippen LogP contribution is -2.19. The Balaban J connectivity index is 1.66. The second-order valence-corrected chi connectivity index (χ2v) is 6.09. The number of imidazole rings is 1. The van der Waals surface area contributed by atoms with Crippen molar-refractivity contribution >= 4 is 11.2 Å². The summed E-state index contributed by atoms with van der Waals surface area (Å²) in [5, 5.41) is 0. The number of aromatic nitrogens is 3. The van der Waals surface area contributed by atoms with Crippen LogP contribution in [0.1, 0.15) is 0 Å². The molecular formula is C20H13F4N3O. The Kier molecular flexibility index (Phi) is 4.46. The van der Waals surface area contributed by atoms with Gasteiger partial charge >= 0.3 is 6.18 Å². The average Bonchev–Trinajstić information content (AvgIpc) is 3.10. The van der Waals surface area contributed by atoms with Crippen molar-refractivity contribution in [2.75, 3.05) is 6.61 Å². The zero-order valence-electron chi connectivity index (χ0n) is 14.3. The lowest BCUT2D eigenvalue weighted by Gasteiger charge is -2.09. The lowest BCUT2D eigenvalue weighted by molar-refractivity contribution is -0.153. The number of aromatic amines is 1. The van der Waals surface area contributed by atoms with Crippen LogP contribution in [0, 0.1) is 5.82 Å². The topological polar surface area (TPSA) is 50.8 Å². The Morgan fingerprint density at radius 2 is 1.79 bits per heavy atom. The van der Waals surface area contributed by atoms with Gasteiger partial charge in [0.2, 0.25) is 0 Å². The van der Waals surface area contributed by atoms with Crippen LogP contribution in [0.15, 0.2) is 60.8 Å². The molecule has 0 aliphatic carbocycles. The molecule has 0 amide bonds. The van der Waals surface area contributed by atoms with Crippen LogP contribution in [-0.4, -0.2) is 27.7 Å². The van der Waals surface area contributed by atoms with Gasteiger partial charge in [0.25, 0.3) is 0 Å². The number of hydrogen-bond acceptors (Lipinski definition) is 3. The molecule has 0 fully saturated rings. The first-order valence-corrected chi connectivity index (χ1v) is 8.30. The molecule has 8 heteroatoms. The molecule has 142 valence electrons. The van der Waals surface area contributed by atoms with Gasteiger partial charge in [0.1, 0.15) is 17.4 Å². The van der Waals surface area contributed by atoms with E-state index in [2.05, 4.69) is 15.0 Å². The molecule has 0 aliphatic heterocycles. The summed E-state index contributed by atoms with van der Waals surface area (Å²) in [6, 6.07) is 14.2. The normalized spacial score (nSPS) is 11.7. The van der Waals surface area contributed by atoms with Crippen molar-refractivity contribution in [2.45, 2.75) is 6.18 Å². The van der Waals surface area contributed by atoms with Crippen molar-refractivity contribution in [3.63, 3.8) is 0 Å². The van der Waals surface area contributed by atoms with Crippen molar-refractivity contribution in [1.29, 1.82) is 0 Å². The number of rotatable bonds is 4. The number of fused-ring (bicyclic) bond motifs is 1. The largest absolute Gasteiger partial charge is 0.484 e. The number of hydrogen-bond donors (Lipinski definition) is 1. The maximum absolute atomic E-state index is 14.0. The zero-order valence-corrected chi connectivity index (χ0v) is 14.3. The van der Waals surface area contributed by atoms with Crippen LogP contribution in [0.2, 0.25) is 0 Å². The van der Waals surface area contributed by atoms with Gasteiger partial charge in [-0.25, -0.2) is 14.4 Å². The Labute approximate surface area is 156 Å². The van der Waals surface area contributed by atoms with Crippen LogP contribution in [0.5, 0.6) is 5.75 Å². The summed E-state index contributed by atoms with van der Waals surface area (Å²) in [5.41, 5.74) is 2.54. The highest BCUT2D eigenvalue weighted by atomic mass is 19.4. The minimum Gasteiger partial charge on any atom is -0.484 e. The molecule has 4 aromatic rings. The fourth-order valence-electron chi connectivity index (χ4n) is 2.78. The molecule has 4 rings (SSSR count). The van der Waals surface area contributed by atoms with E-state index in [1.165, 1.54) is 24.4 Å². The number of pyridine rings is 1. The zero-order chi connectivity index (χ0) is 19.7. The third-order valence-electron chi connectivity index (χ3n) is 4.03. The van der Waals surface area contributed by atoms with Crippen molar-refractivity contribution < 1.29 is 22.3 Å². The molecule has 0 spiro atoms. The third kappa shape index (κ3) is 3.80. The summed E-state index contributed by atoms with van der Waals surface area (Å²) in [6.07, 6.45) is -2.89. The number of nitrogens with zero attached hydrogens (tertiary/aromatic N) is 2. The van der Waals surface area contributed by atoms with E-state index in [1.807, 2.05) is 0 Å². The van der Waals surface area contributed by atoms with Gasteiger partial charge in [-0.15, -0.1) is 0 Å². The maximum Gasteiger partial charge on any atom is 0.422 e. The molecule has 28 heavy (non-hydrogen) atoms. The number of nitrogens with one attached hydrogen (secondary N) is 1. The highest BCUT2D eigenvalue weighted by Crippen LogP contribution is 2.28. The maximum atomic E-state index is 14.0. The summed E-state index contributed by atoms with van der Waals surface area (Å²) < 4.78 is 55.8. The van der Waals surface area contributed by atoms with Crippen molar-refractivity contribution in [1.82, 2.24) is 15.0 Å². The first kappa shape index (κ1) is 18.0. The molecule has 1 N–H and O–H groups in total. The molecule has 0 bridgehead atoms. The summed E-state index contributed by atoms with van der Waals surface area (Å²) >= 11 is 0. The fourth-order valence-corrected chi connectivity index (χ4v) is 2.78. The molecule has 4 nitrogen and oxygen atoms in total. The monoisotopic (exact) mass is 387 g/mol.